The Morgan fingerprint density at radius 3 is 1.81 bits per heavy atom. The maximum absolute atomic E-state index is 7.18. The number of hydrogen-bond donors (Lipinski definition) is 0. The zero-order chi connectivity index (χ0) is 39.9. The van der Waals surface area contributed by atoms with Crippen molar-refractivity contribution >= 4 is 68.4 Å². The second-order valence-electron chi connectivity index (χ2n) is 18.6. The van der Waals surface area contributed by atoms with E-state index in [0.29, 0.717) is 26.4 Å². The van der Waals surface area contributed by atoms with Gasteiger partial charge in [0.2, 0.25) is 5.88 Å². The number of rotatable bonds is 2. The Labute approximate surface area is 336 Å². The van der Waals surface area contributed by atoms with E-state index in [1.165, 1.54) is 33.4 Å². The third kappa shape index (κ3) is 5.32. The van der Waals surface area contributed by atoms with Gasteiger partial charge in [-0.2, -0.15) is 0 Å². The average Bonchev–Trinajstić information content (AvgIpc) is 3.53. The number of hydrogen-bond acceptors (Lipinski definition) is 7. The molecule has 0 amide bonds. The van der Waals surface area contributed by atoms with Crippen molar-refractivity contribution in [2.24, 2.45) is 0 Å². The van der Waals surface area contributed by atoms with Crippen molar-refractivity contribution in [3.8, 4) is 23.0 Å². The van der Waals surface area contributed by atoms with Crippen LogP contribution in [0.5, 0.6) is 23.0 Å². The van der Waals surface area contributed by atoms with E-state index in [9.17, 15) is 0 Å². The van der Waals surface area contributed by atoms with Gasteiger partial charge in [-0.3, -0.25) is 4.90 Å². The summed E-state index contributed by atoms with van der Waals surface area (Å²) in [6.45, 7) is 26.7. The van der Waals surface area contributed by atoms with Gasteiger partial charge < -0.3 is 28.3 Å². The minimum atomic E-state index is -0.160. The van der Waals surface area contributed by atoms with Crippen LogP contribution in [-0.2, 0) is 10.8 Å². The lowest BCUT2D eigenvalue weighted by Crippen LogP contribution is -2.61. The quantitative estimate of drug-likeness (QED) is 0.163. The van der Waals surface area contributed by atoms with Gasteiger partial charge in [-0.1, -0.05) is 59.7 Å². The Morgan fingerprint density at radius 1 is 0.544 bits per heavy atom. The molecule has 0 fully saturated rings. The van der Waals surface area contributed by atoms with Crippen LogP contribution >= 0.6 is 0 Å². The molecule has 5 heterocycles. The molecular formula is C49H51BN2O5. The van der Waals surface area contributed by atoms with E-state index in [0.717, 1.165) is 90.2 Å². The summed E-state index contributed by atoms with van der Waals surface area (Å²) in [5, 5.41) is 1.12. The molecular weight excluding hydrogens is 707 g/mol. The van der Waals surface area contributed by atoms with E-state index in [1.807, 2.05) is 0 Å². The summed E-state index contributed by atoms with van der Waals surface area (Å²) < 4.78 is 32.4. The van der Waals surface area contributed by atoms with E-state index in [1.54, 1.807) is 0 Å². The maximum atomic E-state index is 7.18. The van der Waals surface area contributed by atoms with Gasteiger partial charge in [0.25, 0.3) is 6.71 Å². The largest absolute Gasteiger partial charge is 0.486 e. The number of furan rings is 1. The van der Waals surface area contributed by atoms with Gasteiger partial charge in [-0.05, 0) is 126 Å². The Bertz CT molecular complexity index is 2670. The molecule has 0 saturated heterocycles. The summed E-state index contributed by atoms with van der Waals surface area (Å²) in [6, 6.07) is 22.8. The molecule has 0 N–H and O–H groups in total. The van der Waals surface area contributed by atoms with Crippen molar-refractivity contribution in [3.05, 3.63) is 99.6 Å². The molecule has 8 heteroatoms. The third-order valence-corrected chi connectivity index (χ3v) is 12.4. The zero-order valence-corrected chi connectivity index (χ0v) is 35.1. The van der Waals surface area contributed by atoms with Gasteiger partial charge >= 0.3 is 0 Å². The maximum Gasteiger partial charge on any atom is 0.257 e. The predicted octanol–water partition coefficient (Wildman–Crippen LogP) is 10.2. The molecule has 0 saturated carbocycles. The first-order chi connectivity index (χ1) is 27.1. The second-order valence-corrected chi connectivity index (χ2v) is 18.6. The molecule has 7 nitrogen and oxygen atoms in total. The van der Waals surface area contributed by atoms with Crippen molar-refractivity contribution in [1.82, 2.24) is 0 Å². The fraction of sp³-hybridized carbons (Fsp3) is 0.347. The Morgan fingerprint density at radius 2 is 1.14 bits per heavy atom. The summed E-state index contributed by atoms with van der Waals surface area (Å²) in [7, 11) is 0. The predicted molar refractivity (Wildman–Crippen MR) is 233 cm³/mol. The van der Waals surface area contributed by atoms with Gasteiger partial charge in [0.15, 0.2) is 23.0 Å². The molecule has 5 aromatic carbocycles. The normalized spacial score (nSPS) is 15.5. The standard InChI is InChI=1S/C49H51BN2O5/c1-26-18-36-43-37(19-26)52(45-29(4)22-41-46(30(45)5)56-17-16-55-41)47-42(33-23-31(48(6,7)8)12-13-38(33)57-47)50(43)34-24-39-40(54-15-14-53-39)25-35(34)51(36)44-27(2)20-32(21-28(44)3)49(9,10)11/h12-13,18-25H,14-17H2,1-11H3. The fourth-order valence-corrected chi connectivity index (χ4v) is 9.70. The summed E-state index contributed by atoms with van der Waals surface area (Å²) >= 11 is 0. The SMILES string of the molecule is Cc1cc2c3c(c1)N(c1c(C)cc4c(c1C)OCCO4)c1oc4ccc(C(C)(C)C)cc4c1B3c1cc3c(cc1N2c1c(C)cc(C(C)(C)C)cc1C)OCCO3. The molecule has 0 bridgehead atoms. The number of benzene rings is 5. The highest BCUT2D eigenvalue weighted by atomic mass is 16.6. The number of ether oxygens (including phenoxy) is 4. The van der Waals surface area contributed by atoms with Crippen LogP contribution in [0.25, 0.3) is 11.0 Å². The van der Waals surface area contributed by atoms with E-state index < -0.39 is 0 Å². The van der Waals surface area contributed by atoms with Crippen LogP contribution in [-0.4, -0.2) is 33.1 Å². The third-order valence-electron chi connectivity index (χ3n) is 12.4. The van der Waals surface area contributed by atoms with Crippen molar-refractivity contribution < 1.29 is 23.4 Å². The van der Waals surface area contributed by atoms with Crippen LogP contribution in [0.4, 0.5) is 34.3 Å². The number of nitrogens with zero attached hydrogens (tertiary/aromatic N) is 2. The van der Waals surface area contributed by atoms with Crippen LogP contribution in [0.2, 0.25) is 0 Å². The van der Waals surface area contributed by atoms with Crippen molar-refractivity contribution in [2.45, 2.75) is 87.0 Å². The first kappa shape index (κ1) is 35.9. The molecule has 0 atom stereocenters. The van der Waals surface area contributed by atoms with Crippen LogP contribution in [0, 0.1) is 34.6 Å². The molecule has 10 rings (SSSR count). The summed E-state index contributed by atoms with van der Waals surface area (Å²) in [5.41, 5.74) is 18.2. The molecule has 1 aromatic heterocycles. The molecule has 0 radical (unpaired) electrons. The smallest absolute Gasteiger partial charge is 0.257 e. The van der Waals surface area contributed by atoms with Gasteiger partial charge in [-0.15, -0.1) is 0 Å². The number of aryl methyl sites for hydroxylation is 4. The van der Waals surface area contributed by atoms with Crippen molar-refractivity contribution in [2.75, 3.05) is 36.2 Å². The molecule has 4 aliphatic rings. The van der Waals surface area contributed by atoms with Crippen molar-refractivity contribution in [1.29, 1.82) is 0 Å². The monoisotopic (exact) mass is 758 g/mol. The summed E-state index contributed by atoms with van der Waals surface area (Å²) in [4.78, 5) is 4.88. The number of anilines is 6. The van der Waals surface area contributed by atoms with Gasteiger partial charge in [0, 0.05) is 39.5 Å². The Balaban J connectivity index is 1.35. The number of fused-ring (bicyclic) bond motifs is 8. The highest BCUT2D eigenvalue weighted by molar-refractivity contribution is 7.01. The average molecular weight is 759 g/mol. The molecule has 6 aromatic rings. The summed E-state index contributed by atoms with van der Waals surface area (Å²) in [5.74, 6) is 3.95. The molecule has 57 heavy (non-hydrogen) atoms. The van der Waals surface area contributed by atoms with E-state index >= 15 is 0 Å². The lowest BCUT2D eigenvalue weighted by Gasteiger charge is -2.44. The van der Waals surface area contributed by atoms with Crippen LogP contribution in [0.1, 0.15) is 80.5 Å². The molecule has 0 spiro atoms. The zero-order valence-electron chi connectivity index (χ0n) is 35.1. The van der Waals surface area contributed by atoms with Crippen LogP contribution in [0.3, 0.4) is 0 Å². The summed E-state index contributed by atoms with van der Waals surface area (Å²) in [6.07, 6.45) is 0. The van der Waals surface area contributed by atoms with E-state index in [2.05, 4.69) is 147 Å². The first-order valence-electron chi connectivity index (χ1n) is 20.4. The van der Waals surface area contributed by atoms with Gasteiger partial charge in [0.05, 0.1) is 11.4 Å². The highest BCUT2D eigenvalue weighted by Gasteiger charge is 2.48. The van der Waals surface area contributed by atoms with E-state index in [4.69, 9.17) is 23.4 Å². The fourth-order valence-electron chi connectivity index (χ4n) is 9.70. The lowest BCUT2D eigenvalue weighted by molar-refractivity contribution is 0.170. The van der Waals surface area contributed by atoms with Crippen LogP contribution < -0.4 is 45.1 Å². The van der Waals surface area contributed by atoms with E-state index in [-0.39, 0.29) is 17.5 Å². The Hall–Kier alpha value is -5.50. The van der Waals surface area contributed by atoms with Crippen LogP contribution in [0.15, 0.2) is 65.1 Å². The lowest BCUT2D eigenvalue weighted by atomic mass is 9.33. The van der Waals surface area contributed by atoms with Gasteiger partial charge in [-0.25, -0.2) is 0 Å². The molecule has 4 aliphatic heterocycles. The molecule has 0 unspecified atom stereocenters. The first-order valence-corrected chi connectivity index (χ1v) is 20.4. The second kappa shape index (κ2) is 12.3. The topological polar surface area (TPSA) is 56.5 Å². The minimum Gasteiger partial charge on any atom is -0.486 e. The van der Waals surface area contributed by atoms with Gasteiger partial charge in [0.1, 0.15) is 32.0 Å². The highest BCUT2D eigenvalue weighted by Crippen LogP contribution is 2.52. The Kier molecular flexibility index (Phi) is 7.71. The molecule has 290 valence electrons. The minimum absolute atomic E-state index is 0.0101. The van der Waals surface area contributed by atoms with Crippen molar-refractivity contribution in [3.63, 3.8) is 0 Å². The molecule has 0 aliphatic carbocycles.